The van der Waals surface area contributed by atoms with Crippen LogP contribution < -0.4 is 4.74 Å². The van der Waals surface area contributed by atoms with Crippen molar-refractivity contribution in [2.45, 2.75) is 26.9 Å². The van der Waals surface area contributed by atoms with Crippen LogP contribution in [-0.4, -0.2) is 21.3 Å². The number of hydrogen-bond acceptors (Lipinski definition) is 3. The molecule has 0 fully saturated rings. The normalized spacial score (nSPS) is 10.8. The lowest BCUT2D eigenvalue weighted by Gasteiger charge is -2.08. The molecule has 0 bridgehead atoms. The lowest BCUT2D eigenvalue weighted by Crippen LogP contribution is -2.06. The molecule has 2 aromatic heterocycles. The number of rotatable bonds is 3. The Balaban J connectivity index is 2.43. The van der Waals surface area contributed by atoms with Gasteiger partial charge in [-0.3, -0.25) is 10.1 Å². The molecule has 0 unspecified atom stereocenters. The average Bonchev–Trinajstić information content (AvgIpc) is 2.60. The van der Waals surface area contributed by atoms with E-state index in [1.807, 2.05) is 39.1 Å². The van der Waals surface area contributed by atoms with Gasteiger partial charge < -0.3 is 4.74 Å². The van der Waals surface area contributed by atoms with Crippen LogP contribution in [0.25, 0.3) is 11.1 Å². The summed E-state index contributed by atoms with van der Waals surface area (Å²) in [6.07, 6.45) is 3.67. The summed E-state index contributed by atoms with van der Waals surface area (Å²) in [6, 6.07) is 3.90. The molecule has 0 saturated carbocycles. The molecular weight excluding hydrogens is 202 g/mol. The third-order valence-electron chi connectivity index (χ3n) is 2.21. The summed E-state index contributed by atoms with van der Waals surface area (Å²) in [7, 11) is 0. The van der Waals surface area contributed by atoms with Gasteiger partial charge in [-0.25, -0.2) is 0 Å². The molecule has 0 aliphatic rings. The van der Waals surface area contributed by atoms with Crippen molar-refractivity contribution in [3.8, 4) is 17.0 Å². The predicted molar refractivity (Wildman–Crippen MR) is 62.3 cm³/mol. The summed E-state index contributed by atoms with van der Waals surface area (Å²) in [5, 5.41) is 7.10. The zero-order valence-corrected chi connectivity index (χ0v) is 9.69. The summed E-state index contributed by atoms with van der Waals surface area (Å²) in [5.74, 6) is 0.639. The van der Waals surface area contributed by atoms with Gasteiger partial charge in [0.2, 0.25) is 5.88 Å². The van der Waals surface area contributed by atoms with Gasteiger partial charge in [0.15, 0.2) is 0 Å². The maximum Gasteiger partial charge on any atom is 0.241 e. The molecule has 16 heavy (non-hydrogen) atoms. The molecule has 2 aromatic rings. The van der Waals surface area contributed by atoms with E-state index in [4.69, 9.17) is 4.74 Å². The molecule has 0 amide bonds. The lowest BCUT2D eigenvalue weighted by atomic mass is 10.1. The zero-order valence-electron chi connectivity index (χ0n) is 9.69. The number of pyridine rings is 1. The fourth-order valence-corrected chi connectivity index (χ4v) is 1.57. The van der Waals surface area contributed by atoms with E-state index in [2.05, 4.69) is 15.2 Å². The van der Waals surface area contributed by atoms with Crippen molar-refractivity contribution < 1.29 is 4.74 Å². The van der Waals surface area contributed by atoms with Crippen LogP contribution in [-0.2, 0) is 0 Å². The molecule has 0 atom stereocenters. The Labute approximate surface area is 94.7 Å². The summed E-state index contributed by atoms with van der Waals surface area (Å²) in [5.41, 5.74) is 3.00. The minimum absolute atomic E-state index is 0.109. The van der Waals surface area contributed by atoms with E-state index in [0.717, 1.165) is 16.8 Å². The molecule has 0 saturated heterocycles. The third kappa shape index (κ3) is 2.05. The van der Waals surface area contributed by atoms with Crippen molar-refractivity contribution in [1.29, 1.82) is 0 Å². The van der Waals surface area contributed by atoms with Gasteiger partial charge in [0.1, 0.15) is 0 Å². The summed E-state index contributed by atoms with van der Waals surface area (Å²) in [4.78, 5) is 4.10. The van der Waals surface area contributed by atoms with Crippen molar-refractivity contribution in [2.24, 2.45) is 0 Å². The average molecular weight is 217 g/mol. The summed E-state index contributed by atoms with van der Waals surface area (Å²) >= 11 is 0. The Morgan fingerprint density at radius 2 is 2.19 bits per heavy atom. The van der Waals surface area contributed by atoms with Crippen LogP contribution in [0.3, 0.4) is 0 Å². The Morgan fingerprint density at radius 1 is 1.38 bits per heavy atom. The molecule has 2 heterocycles. The number of aromatic nitrogens is 3. The second kappa shape index (κ2) is 4.35. The molecule has 0 aromatic carbocycles. The second-order valence-corrected chi connectivity index (χ2v) is 3.94. The van der Waals surface area contributed by atoms with Gasteiger partial charge in [0.05, 0.1) is 11.7 Å². The third-order valence-corrected chi connectivity index (χ3v) is 2.21. The van der Waals surface area contributed by atoms with Gasteiger partial charge in [0, 0.05) is 23.7 Å². The number of aryl methyl sites for hydroxylation is 1. The molecule has 0 aliphatic carbocycles. The molecule has 0 spiro atoms. The van der Waals surface area contributed by atoms with Crippen LogP contribution in [0.2, 0.25) is 0 Å². The number of nitrogens with zero attached hydrogens (tertiary/aromatic N) is 2. The first kappa shape index (κ1) is 10.7. The van der Waals surface area contributed by atoms with Crippen molar-refractivity contribution in [3.05, 3.63) is 30.2 Å². The van der Waals surface area contributed by atoms with Crippen LogP contribution in [0.4, 0.5) is 0 Å². The Kier molecular flexibility index (Phi) is 2.90. The number of aromatic amines is 1. The van der Waals surface area contributed by atoms with Gasteiger partial charge in [-0.05, 0) is 26.8 Å². The molecule has 2 rings (SSSR count). The minimum atomic E-state index is 0.109. The number of nitrogens with one attached hydrogen (secondary N) is 1. The quantitative estimate of drug-likeness (QED) is 0.859. The van der Waals surface area contributed by atoms with Crippen molar-refractivity contribution >= 4 is 0 Å². The predicted octanol–water partition coefficient (Wildman–Crippen LogP) is 2.57. The molecule has 0 aliphatic heterocycles. The maximum atomic E-state index is 5.65. The summed E-state index contributed by atoms with van der Waals surface area (Å²) < 4.78 is 5.65. The van der Waals surface area contributed by atoms with Gasteiger partial charge in [0.25, 0.3) is 0 Å². The van der Waals surface area contributed by atoms with Crippen LogP contribution in [0.1, 0.15) is 19.5 Å². The first-order chi connectivity index (χ1) is 7.68. The van der Waals surface area contributed by atoms with Gasteiger partial charge in [-0.15, -0.1) is 5.10 Å². The van der Waals surface area contributed by atoms with Crippen molar-refractivity contribution in [3.63, 3.8) is 0 Å². The van der Waals surface area contributed by atoms with E-state index in [1.165, 1.54) is 0 Å². The first-order valence-electron chi connectivity index (χ1n) is 5.30. The SMILES string of the molecule is Cc1[nH]nc(OC(C)C)c1-c1cccnc1. The monoisotopic (exact) mass is 217 g/mol. The molecule has 84 valence electrons. The highest BCUT2D eigenvalue weighted by atomic mass is 16.5. The molecular formula is C12H15N3O. The van der Waals surface area contributed by atoms with E-state index in [1.54, 1.807) is 6.20 Å². The standard InChI is InChI=1S/C12H15N3O/c1-8(2)16-12-11(9(3)14-15-12)10-5-4-6-13-7-10/h4-8H,1-3H3,(H,14,15). The maximum absolute atomic E-state index is 5.65. The topological polar surface area (TPSA) is 50.8 Å². The van der Waals surface area contributed by atoms with Crippen molar-refractivity contribution in [2.75, 3.05) is 0 Å². The highest BCUT2D eigenvalue weighted by Crippen LogP contribution is 2.30. The van der Waals surface area contributed by atoms with E-state index in [-0.39, 0.29) is 6.10 Å². The molecule has 1 N–H and O–H groups in total. The van der Waals surface area contributed by atoms with Crippen LogP contribution in [0.5, 0.6) is 5.88 Å². The number of ether oxygens (including phenoxy) is 1. The van der Waals surface area contributed by atoms with Gasteiger partial charge in [-0.1, -0.05) is 6.07 Å². The van der Waals surface area contributed by atoms with E-state index < -0.39 is 0 Å². The lowest BCUT2D eigenvalue weighted by molar-refractivity contribution is 0.233. The Morgan fingerprint density at radius 3 is 2.81 bits per heavy atom. The largest absolute Gasteiger partial charge is 0.473 e. The van der Waals surface area contributed by atoms with E-state index >= 15 is 0 Å². The highest BCUT2D eigenvalue weighted by molar-refractivity contribution is 5.70. The smallest absolute Gasteiger partial charge is 0.241 e. The fraction of sp³-hybridized carbons (Fsp3) is 0.333. The first-order valence-corrected chi connectivity index (χ1v) is 5.30. The summed E-state index contributed by atoms with van der Waals surface area (Å²) in [6.45, 7) is 5.94. The number of H-pyrrole nitrogens is 1. The van der Waals surface area contributed by atoms with Gasteiger partial charge in [-0.2, -0.15) is 0 Å². The van der Waals surface area contributed by atoms with Crippen LogP contribution in [0, 0.1) is 6.92 Å². The van der Waals surface area contributed by atoms with Crippen LogP contribution >= 0.6 is 0 Å². The zero-order chi connectivity index (χ0) is 11.5. The van der Waals surface area contributed by atoms with E-state index in [9.17, 15) is 0 Å². The van der Waals surface area contributed by atoms with E-state index in [0.29, 0.717) is 5.88 Å². The second-order valence-electron chi connectivity index (χ2n) is 3.94. The highest BCUT2D eigenvalue weighted by Gasteiger charge is 2.14. The molecule has 4 nitrogen and oxygen atoms in total. The molecule has 4 heteroatoms. The minimum Gasteiger partial charge on any atom is -0.473 e. The Hall–Kier alpha value is -1.84. The fourth-order valence-electron chi connectivity index (χ4n) is 1.57. The molecule has 0 radical (unpaired) electrons. The van der Waals surface area contributed by atoms with Crippen LogP contribution in [0.15, 0.2) is 24.5 Å². The Bertz CT molecular complexity index is 462. The number of hydrogen-bond donors (Lipinski definition) is 1. The van der Waals surface area contributed by atoms with Crippen molar-refractivity contribution in [1.82, 2.24) is 15.2 Å². The van der Waals surface area contributed by atoms with Gasteiger partial charge >= 0.3 is 0 Å².